The first-order valence-electron chi connectivity index (χ1n) is 7.21. The lowest BCUT2D eigenvalue weighted by atomic mass is 10.1. The molecule has 0 fully saturated rings. The van der Waals surface area contributed by atoms with Crippen molar-refractivity contribution in [1.82, 2.24) is 0 Å². The van der Waals surface area contributed by atoms with E-state index < -0.39 is 0 Å². The lowest BCUT2D eigenvalue weighted by molar-refractivity contribution is 0.317. The molecule has 0 unspecified atom stereocenters. The summed E-state index contributed by atoms with van der Waals surface area (Å²) in [5.41, 5.74) is 2.81. The summed E-state index contributed by atoms with van der Waals surface area (Å²) in [6, 6.07) is 15.1. The van der Waals surface area contributed by atoms with E-state index in [2.05, 4.69) is 5.16 Å². The zero-order valence-electron chi connectivity index (χ0n) is 12.5. The van der Waals surface area contributed by atoms with Gasteiger partial charge in [0.1, 0.15) is 0 Å². The van der Waals surface area contributed by atoms with Gasteiger partial charge in [-0.2, -0.15) is 0 Å². The van der Waals surface area contributed by atoms with Crippen LogP contribution < -0.4 is 0 Å². The zero-order chi connectivity index (χ0) is 16.5. The molecule has 0 aliphatic rings. The van der Waals surface area contributed by atoms with Crippen molar-refractivity contribution in [3.8, 4) is 0 Å². The molecular formula is C19H17Cl2NO. The Kier molecular flexibility index (Phi) is 6.92. The summed E-state index contributed by atoms with van der Waals surface area (Å²) in [7, 11) is 0. The molecule has 2 aromatic rings. The molecule has 0 bridgehead atoms. The predicted molar refractivity (Wildman–Crippen MR) is 99.4 cm³/mol. The van der Waals surface area contributed by atoms with Gasteiger partial charge in [0.15, 0.2) is 0 Å². The van der Waals surface area contributed by atoms with Gasteiger partial charge in [0.25, 0.3) is 0 Å². The lowest BCUT2D eigenvalue weighted by Crippen LogP contribution is -1.94. The number of benzene rings is 2. The Balaban J connectivity index is 1.85. The van der Waals surface area contributed by atoms with Crippen LogP contribution in [0.4, 0.5) is 0 Å². The van der Waals surface area contributed by atoms with Gasteiger partial charge in [-0.1, -0.05) is 76.9 Å². The van der Waals surface area contributed by atoms with Gasteiger partial charge in [-0.15, -0.1) is 0 Å². The van der Waals surface area contributed by atoms with Crippen LogP contribution in [0.3, 0.4) is 0 Å². The highest BCUT2D eigenvalue weighted by Crippen LogP contribution is 2.12. The number of oxime groups is 1. The second-order valence-corrected chi connectivity index (χ2v) is 5.86. The monoisotopic (exact) mass is 345 g/mol. The summed E-state index contributed by atoms with van der Waals surface area (Å²) < 4.78 is 0. The maximum Gasteiger partial charge on any atom is 0.0646 e. The van der Waals surface area contributed by atoms with Gasteiger partial charge in [0.2, 0.25) is 0 Å². The van der Waals surface area contributed by atoms with E-state index in [0.717, 1.165) is 11.1 Å². The Morgan fingerprint density at radius 2 is 1.17 bits per heavy atom. The first-order valence-corrected chi connectivity index (χ1v) is 7.97. The Hall–Kier alpha value is -2.03. The van der Waals surface area contributed by atoms with Crippen molar-refractivity contribution in [2.24, 2.45) is 5.16 Å². The fourth-order valence-electron chi connectivity index (χ4n) is 1.97. The van der Waals surface area contributed by atoms with Gasteiger partial charge in [-0.3, -0.25) is 0 Å². The standard InChI is InChI=1S/C19H17Cl2NO/c20-17-11-7-15(8-12-17)3-1-5-19(22-23)6-2-4-16-9-13-18(21)14-10-16/h1-4,7-14,23H,5-6H2. The number of hydrogen-bond donors (Lipinski definition) is 1. The Labute approximate surface area is 146 Å². The summed E-state index contributed by atoms with van der Waals surface area (Å²) in [6.45, 7) is 0. The average Bonchev–Trinajstić information content (AvgIpc) is 2.57. The highest BCUT2D eigenvalue weighted by atomic mass is 35.5. The number of halogens is 2. The molecule has 0 spiro atoms. The average molecular weight is 346 g/mol. The summed E-state index contributed by atoms with van der Waals surface area (Å²) in [4.78, 5) is 0. The van der Waals surface area contributed by atoms with Crippen molar-refractivity contribution in [2.45, 2.75) is 12.8 Å². The molecule has 2 nitrogen and oxygen atoms in total. The maximum atomic E-state index is 9.08. The summed E-state index contributed by atoms with van der Waals surface area (Å²) in [5, 5.41) is 13.9. The predicted octanol–water partition coefficient (Wildman–Crippen LogP) is 6.33. The number of rotatable bonds is 6. The summed E-state index contributed by atoms with van der Waals surface area (Å²) >= 11 is 11.7. The molecule has 118 valence electrons. The molecule has 0 heterocycles. The molecule has 0 saturated carbocycles. The second-order valence-electron chi connectivity index (χ2n) is 4.98. The SMILES string of the molecule is ON=C(CC=Cc1ccc(Cl)cc1)CC=Cc1ccc(Cl)cc1. The normalized spacial score (nSPS) is 11.2. The maximum absolute atomic E-state index is 9.08. The van der Waals surface area contributed by atoms with Crippen LogP contribution in [0.25, 0.3) is 12.2 Å². The highest BCUT2D eigenvalue weighted by molar-refractivity contribution is 6.30. The molecular weight excluding hydrogens is 329 g/mol. The van der Waals surface area contributed by atoms with E-state index in [0.29, 0.717) is 28.6 Å². The molecule has 4 heteroatoms. The molecule has 0 amide bonds. The largest absolute Gasteiger partial charge is 0.411 e. The smallest absolute Gasteiger partial charge is 0.0646 e. The third-order valence-electron chi connectivity index (χ3n) is 3.21. The van der Waals surface area contributed by atoms with Gasteiger partial charge in [0, 0.05) is 22.9 Å². The van der Waals surface area contributed by atoms with Crippen LogP contribution in [0.15, 0.2) is 65.8 Å². The fourth-order valence-corrected chi connectivity index (χ4v) is 2.23. The van der Waals surface area contributed by atoms with Gasteiger partial charge >= 0.3 is 0 Å². The van der Waals surface area contributed by atoms with Crippen molar-refractivity contribution in [3.05, 3.63) is 81.9 Å². The summed E-state index contributed by atoms with van der Waals surface area (Å²) in [5.74, 6) is 0. The van der Waals surface area contributed by atoms with Crippen LogP contribution in [0.2, 0.25) is 10.0 Å². The Morgan fingerprint density at radius 1 is 0.783 bits per heavy atom. The van der Waals surface area contributed by atoms with Crippen LogP contribution >= 0.6 is 23.2 Å². The number of allylic oxidation sites excluding steroid dienone is 2. The van der Waals surface area contributed by atoms with Gasteiger partial charge in [-0.25, -0.2) is 0 Å². The van der Waals surface area contributed by atoms with E-state index in [1.54, 1.807) is 0 Å². The molecule has 0 aliphatic carbocycles. The van der Waals surface area contributed by atoms with Gasteiger partial charge in [-0.05, 0) is 35.4 Å². The van der Waals surface area contributed by atoms with Gasteiger partial charge in [0.05, 0.1) is 5.71 Å². The first-order chi connectivity index (χ1) is 11.2. The third kappa shape index (κ3) is 6.31. The van der Waals surface area contributed by atoms with Crippen molar-refractivity contribution in [2.75, 3.05) is 0 Å². The minimum atomic E-state index is 0.587. The first kappa shape index (κ1) is 17.3. The van der Waals surface area contributed by atoms with Gasteiger partial charge < -0.3 is 5.21 Å². The molecule has 0 radical (unpaired) electrons. The topological polar surface area (TPSA) is 32.6 Å². The van der Waals surface area contributed by atoms with Crippen molar-refractivity contribution >= 4 is 41.1 Å². The molecule has 0 aromatic heterocycles. The Bertz CT molecular complexity index is 642. The lowest BCUT2D eigenvalue weighted by Gasteiger charge is -1.98. The quantitative estimate of drug-likeness (QED) is 0.370. The van der Waals surface area contributed by atoms with E-state index >= 15 is 0 Å². The fraction of sp³-hybridized carbons (Fsp3) is 0.105. The molecule has 2 rings (SSSR count). The van der Waals surface area contributed by atoms with Crippen molar-refractivity contribution < 1.29 is 5.21 Å². The highest BCUT2D eigenvalue weighted by Gasteiger charge is 1.96. The molecule has 0 saturated heterocycles. The van der Waals surface area contributed by atoms with Crippen LogP contribution in [0.5, 0.6) is 0 Å². The van der Waals surface area contributed by atoms with Crippen molar-refractivity contribution in [3.63, 3.8) is 0 Å². The third-order valence-corrected chi connectivity index (χ3v) is 3.71. The van der Waals surface area contributed by atoms with E-state index in [1.807, 2.05) is 72.8 Å². The minimum Gasteiger partial charge on any atom is -0.411 e. The minimum absolute atomic E-state index is 0.587. The second kappa shape index (κ2) is 9.19. The summed E-state index contributed by atoms with van der Waals surface area (Å²) in [6.07, 6.45) is 9.06. The van der Waals surface area contributed by atoms with E-state index in [-0.39, 0.29) is 0 Å². The van der Waals surface area contributed by atoms with Crippen LogP contribution in [0, 0.1) is 0 Å². The molecule has 0 atom stereocenters. The van der Waals surface area contributed by atoms with E-state index in [1.165, 1.54) is 0 Å². The van der Waals surface area contributed by atoms with Crippen LogP contribution in [0.1, 0.15) is 24.0 Å². The van der Waals surface area contributed by atoms with Crippen LogP contribution in [-0.2, 0) is 0 Å². The number of nitrogens with zero attached hydrogens (tertiary/aromatic N) is 1. The zero-order valence-corrected chi connectivity index (χ0v) is 14.0. The Morgan fingerprint density at radius 3 is 1.52 bits per heavy atom. The van der Waals surface area contributed by atoms with Crippen molar-refractivity contribution in [1.29, 1.82) is 0 Å². The molecule has 2 aromatic carbocycles. The number of hydrogen-bond acceptors (Lipinski definition) is 2. The molecule has 23 heavy (non-hydrogen) atoms. The van der Waals surface area contributed by atoms with Crippen LogP contribution in [-0.4, -0.2) is 10.9 Å². The van der Waals surface area contributed by atoms with E-state index in [9.17, 15) is 0 Å². The molecule has 1 N–H and O–H groups in total. The molecule has 0 aliphatic heterocycles. The van der Waals surface area contributed by atoms with E-state index in [4.69, 9.17) is 28.4 Å².